The van der Waals surface area contributed by atoms with Crippen LogP contribution >= 0.6 is 11.3 Å². The minimum Gasteiger partial charge on any atom is -0.356 e. The van der Waals surface area contributed by atoms with Crippen LogP contribution in [0.2, 0.25) is 0 Å². The molecule has 0 aromatic carbocycles. The van der Waals surface area contributed by atoms with E-state index in [0.717, 1.165) is 5.82 Å². The van der Waals surface area contributed by atoms with Gasteiger partial charge < -0.3 is 9.80 Å². The van der Waals surface area contributed by atoms with Crippen LogP contribution in [0.5, 0.6) is 0 Å². The molecule has 0 N–H and O–H groups in total. The Morgan fingerprint density at radius 3 is 3.00 bits per heavy atom. The molecule has 2 atom stereocenters. The van der Waals surface area contributed by atoms with Gasteiger partial charge in [-0.1, -0.05) is 0 Å². The fourth-order valence-corrected chi connectivity index (χ4v) is 5.19. The molecule has 0 amide bonds. The van der Waals surface area contributed by atoms with Crippen LogP contribution in [0.1, 0.15) is 36.6 Å². The van der Waals surface area contributed by atoms with Gasteiger partial charge >= 0.3 is 0 Å². The number of anilines is 1. The second-order valence-corrected chi connectivity index (χ2v) is 7.94. The van der Waals surface area contributed by atoms with Gasteiger partial charge in [-0.2, -0.15) is 0 Å². The molecule has 118 valence electrons. The van der Waals surface area contributed by atoms with Crippen LogP contribution in [0.4, 0.5) is 5.82 Å². The summed E-state index contributed by atoms with van der Waals surface area (Å²) in [6, 6.07) is 1.23. The largest absolute Gasteiger partial charge is 0.356 e. The van der Waals surface area contributed by atoms with Crippen LogP contribution in [0.3, 0.4) is 0 Å². The van der Waals surface area contributed by atoms with Gasteiger partial charge in [-0.3, -0.25) is 0 Å². The summed E-state index contributed by atoms with van der Waals surface area (Å²) in [6.45, 7) is 3.50. The number of fused-ring (bicyclic) bond motifs is 3. The minimum atomic E-state index is 0.584. The molecular formula is C17H24N4S. The normalized spacial score (nSPS) is 25.6. The SMILES string of the molecule is C[C@@H]1C[C@H](N(C)c2ncnc3sc4c(c23)CCC4)CCN1C. The number of hydrogen-bond acceptors (Lipinski definition) is 5. The van der Waals surface area contributed by atoms with Gasteiger partial charge in [-0.25, -0.2) is 9.97 Å². The van der Waals surface area contributed by atoms with Gasteiger partial charge in [0.25, 0.3) is 0 Å². The molecule has 1 aliphatic carbocycles. The fourth-order valence-electron chi connectivity index (χ4n) is 3.97. The number of hydrogen-bond donors (Lipinski definition) is 0. The van der Waals surface area contributed by atoms with Crippen LogP contribution in [-0.4, -0.2) is 47.6 Å². The number of nitrogens with zero attached hydrogens (tertiary/aromatic N) is 4. The van der Waals surface area contributed by atoms with Crippen molar-refractivity contribution in [1.29, 1.82) is 0 Å². The molecule has 4 rings (SSSR count). The van der Waals surface area contributed by atoms with Gasteiger partial charge in [-0.15, -0.1) is 11.3 Å². The van der Waals surface area contributed by atoms with Crippen LogP contribution in [0.25, 0.3) is 10.2 Å². The Bertz CT molecular complexity index is 695. The molecule has 5 heteroatoms. The summed E-state index contributed by atoms with van der Waals surface area (Å²) in [7, 11) is 4.46. The summed E-state index contributed by atoms with van der Waals surface area (Å²) < 4.78 is 0. The van der Waals surface area contributed by atoms with Gasteiger partial charge in [0.15, 0.2) is 0 Å². The third kappa shape index (κ3) is 2.22. The van der Waals surface area contributed by atoms with Crippen molar-refractivity contribution < 1.29 is 0 Å². The maximum atomic E-state index is 4.68. The Kier molecular flexibility index (Phi) is 3.57. The van der Waals surface area contributed by atoms with Crippen molar-refractivity contribution in [2.75, 3.05) is 25.5 Å². The first-order chi connectivity index (χ1) is 10.6. The molecule has 3 heterocycles. The quantitative estimate of drug-likeness (QED) is 0.852. The van der Waals surface area contributed by atoms with Crippen LogP contribution in [-0.2, 0) is 12.8 Å². The van der Waals surface area contributed by atoms with Gasteiger partial charge in [0.1, 0.15) is 17.0 Å². The van der Waals surface area contributed by atoms with Gasteiger partial charge in [0, 0.05) is 30.6 Å². The number of aryl methyl sites for hydroxylation is 2. The van der Waals surface area contributed by atoms with Crippen molar-refractivity contribution in [2.45, 2.75) is 51.1 Å². The smallest absolute Gasteiger partial charge is 0.141 e. The van der Waals surface area contributed by atoms with Crippen LogP contribution in [0.15, 0.2) is 6.33 Å². The van der Waals surface area contributed by atoms with E-state index in [1.807, 2.05) is 11.3 Å². The van der Waals surface area contributed by atoms with Gasteiger partial charge in [-0.05, 0) is 51.6 Å². The summed E-state index contributed by atoms with van der Waals surface area (Å²) in [4.78, 5) is 16.8. The van der Waals surface area contributed by atoms with Crippen molar-refractivity contribution in [3.63, 3.8) is 0 Å². The minimum absolute atomic E-state index is 0.584. The number of aromatic nitrogens is 2. The molecule has 0 radical (unpaired) electrons. The second kappa shape index (κ2) is 5.46. The molecule has 0 bridgehead atoms. The van der Waals surface area contributed by atoms with Crippen molar-refractivity contribution >= 4 is 27.4 Å². The van der Waals surface area contributed by atoms with E-state index >= 15 is 0 Å². The van der Waals surface area contributed by atoms with Gasteiger partial charge in [0.2, 0.25) is 0 Å². The third-order valence-electron chi connectivity index (χ3n) is 5.54. The first-order valence-corrected chi connectivity index (χ1v) is 9.15. The Labute approximate surface area is 136 Å². The van der Waals surface area contributed by atoms with E-state index in [-0.39, 0.29) is 0 Å². The van der Waals surface area contributed by atoms with Crippen molar-refractivity contribution in [3.8, 4) is 0 Å². The van der Waals surface area contributed by atoms with Crippen molar-refractivity contribution in [2.24, 2.45) is 0 Å². The summed E-state index contributed by atoms with van der Waals surface area (Å²) in [5, 5.41) is 1.34. The monoisotopic (exact) mass is 316 g/mol. The lowest BCUT2D eigenvalue weighted by Crippen LogP contribution is -2.46. The number of rotatable bonds is 2. The first kappa shape index (κ1) is 14.4. The number of piperidine rings is 1. The Morgan fingerprint density at radius 1 is 1.32 bits per heavy atom. The zero-order valence-electron chi connectivity index (χ0n) is 13.7. The molecule has 0 unspecified atom stereocenters. The second-order valence-electron chi connectivity index (χ2n) is 6.85. The molecule has 2 aromatic heterocycles. The highest BCUT2D eigenvalue weighted by Crippen LogP contribution is 2.40. The van der Waals surface area contributed by atoms with Gasteiger partial charge in [0.05, 0.1) is 5.39 Å². The van der Waals surface area contributed by atoms with Crippen molar-refractivity contribution in [1.82, 2.24) is 14.9 Å². The average Bonchev–Trinajstić information content (AvgIpc) is 3.09. The molecule has 2 aliphatic rings. The summed E-state index contributed by atoms with van der Waals surface area (Å²) >= 11 is 1.88. The van der Waals surface area contributed by atoms with E-state index in [1.165, 1.54) is 54.4 Å². The maximum absolute atomic E-state index is 4.68. The lowest BCUT2D eigenvalue weighted by Gasteiger charge is -2.40. The number of likely N-dealkylation sites (tertiary alicyclic amines) is 1. The van der Waals surface area contributed by atoms with E-state index in [4.69, 9.17) is 0 Å². The zero-order chi connectivity index (χ0) is 15.3. The van der Waals surface area contributed by atoms with E-state index in [1.54, 1.807) is 11.2 Å². The highest BCUT2D eigenvalue weighted by atomic mass is 32.1. The molecule has 4 nitrogen and oxygen atoms in total. The molecule has 2 aromatic rings. The third-order valence-corrected chi connectivity index (χ3v) is 6.74. The Morgan fingerprint density at radius 2 is 2.18 bits per heavy atom. The average molecular weight is 316 g/mol. The predicted octanol–water partition coefficient (Wildman–Crippen LogP) is 3.10. The van der Waals surface area contributed by atoms with Crippen molar-refractivity contribution in [3.05, 3.63) is 16.8 Å². The van der Waals surface area contributed by atoms with E-state index in [2.05, 4.69) is 40.8 Å². The lowest BCUT2D eigenvalue weighted by molar-refractivity contribution is 0.181. The summed E-state index contributed by atoms with van der Waals surface area (Å²) in [5.74, 6) is 1.16. The van der Waals surface area contributed by atoms with E-state index in [9.17, 15) is 0 Å². The lowest BCUT2D eigenvalue weighted by atomic mass is 9.97. The van der Waals surface area contributed by atoms with Crippen LogP contribution < -0.4 is 4.90 Å². The highest BCUT2D eigenvalue weighted by molar-refractivity contribution is 7.19. The molecular weight excluding hydrogens is 292 g/mol. The summed E-state index contributed by atoms with van der Waals surface area (Å²) in [6.07, 6.45) is 7.90. The molecule has 1 fully saturated rings. The Hall–Kier alpha value is -1.20. The fraction of sp³-hybridized carbons (Fsp3) is 0.647. The Balaban J connectivity index is 1.71. The van der Waals surface area contributed by atoms with Crippen LogP contribution in [0, 0.1) is 0 Å². The molecule has 0 saturated carbocycles. The van der Waals surface area contributed by atoms with E-state index < -0.39 is 0 Å². The molecule has 0 spiro atoms. The summed E-state index contributed by atoms with van der Waals surface area (Å²) in [5.41, 5.74) is 1.53. The van der Waals surface area contributed by atoms with E-state index in [0.29, 0.717) is 12.1 Å². The zero-order valence-corrected chi connectivity index (χ0v) is 14.5. The molecule has 1 aliphatic heterocycles. The standard InChI is InChI=1S/C17H24N4S/c1-11-9-12(7-8-20(11)2)21(3)16-15-13-5-4-6-14(13)22-17(15)19-10-18-16/h10-12H,4-9H2,1-3H3/t11-,12-/m1/s1. The maximum Gasteiger partial charge on any atom is 0.141 e. The molecule has 1 saturated heterocycles. The first-order valence-electron chi connectivity index (χ1n) is 8.33. The topological polar surface area (TPSA) is 32.3 Å². The number of thiophene rings is 1. The highest BCUT2D eigenvalue weighted by Gasteiger charge is 2.29. The predicted molar refractivity (Wildman–Crippen MR) is 93.0 cm³/mol. The molecule has 22 heavy (non-hydrogen) atoms.